The Morgan fingerprint density at radius 2 is 2.45 bits per heavy atom. The summed E-state index contributed by atoms with van der Waals surface area (Å²) in [6.45, 7) is 2.07. The lowest BCUT2D eigenvalue weighted by Crippen LogP contribution is -2.05. The van der Waals surface area contributed by atoms with Gasteiger partial charge in [-0.05, 0) is 34.9 Å². The Bertz CT molecular complexity index is 272. The van der Waals surface area contributed by atoms with Gasteiger partial charge < -0.3 is 0 Å². The van der Waals surface area contributed by atoms with Crippen molar-refractivity contribution in [2.75, 3.05) is 0 Å². The highest BCUT2D eigenvalue weighted by molar-refractivity contribution is 14.1. The van der Waals surface area contributed by atoms with Crippen molar-refractivity contribution in [3.05, 3.63) is 20.7 Å². The van der Waals surface area contributed by atoms with E-state index >= 15 is 0 Å². The summed E-state index contributed by atoms with van der Waals surface area (Å²) >= 11 is 2.20. The summed E-state index contributed by atoms with van der Waals surface area (Å²) in [4.78, 5) is 0. The van der Waals surface area contributed by atoms with E-state index in [9.17, 15) is 0 Å². The molecule has 1 rings (SSSR count). The van der Waals surface area contributed by atoms with E-state index in [4.69, 9.17) is 13.1 Å². The highest BCUT2D eigenvalue weighted by atomic mass is 127. The predicted molar refractivity (Wildman–Crippen MR) is 54.3 cm³/mol. The highest BCUT2D eigenvalue weighted by Gasteiger charge is 2.14. The first-order chi connectivity index (χ1) is 5.15. The number of allylic oxidation sites excluding steroid dienone is 4. The second-order valence-corrected chi connectivity index (χ2v) is 3.98. The Morgan fingerprint density at radius 1 is 1.82 bits per heavy atom. The van der Waals surface area contributed by atoms with Gasteiger partial charge >= 0.3 is 0 Å². The lowest BCUT2D eigenvalue weighted by atomic mass is 9.78. The molecule has 0 spiro atoms. The van der Waals surface area contributed by atoms with Crippen LogP contribution in [0.5, 0.6) is 0 Å². The average Bonchev–Trinajstić information content (AvgIpc) is 1.97. The summed E-state index contributed by atoms with van der Waals surface area (Å²) in [6, 6.07) is 2.12. The van der Waals surface area contributed by atoms with Crippen LogP contribution in [0.2, 0.25) is 0 Å². The minimum Gasteiger partial charge on any atom is -0.192 e. The van der Waals surface area contributed by atoms with Crippen molar-refractivity contribution in [3.8, 4) is 6.07 Å². The number of halogens is 1. The van der Waals surface area contributed by atoms with Crippen molar-refractivity contribution in [2.24, 2.45) is 5.92 Å². The third kappa shape index (κ3) is 1.87. The van der Waals surface area contributed by atoms with E-state index in [2.05, 4.69) is 35.6 Å². The van der Waals surface area contributed by atoms with Gasteiger partial charge in [-0.2, -0.15) is 5.26 Å². The molecule has 0 heterocycles. The quantitative estimate of drug-likeness (QED) is 0.481. The summed E-state index contributed by atoms with van der Waals surface area (Å²) in [6.07, 6.45) is 2.68. The summed E-state index contributed by atoms with van der Waals surface area (Å²) in [5, 5.41) is 8.65. The maximum absolute atomic E-state index is 8.65. The van der Waals surface area contributed by atoms with Crippen LogP contribution < -0.4 is 0 Å². The SMILES string of the molecule is [B]C1=CC(C#N)=C(I)CC1C. The second kappa shape index (κ2) is 3.44. The first-order valence-electron chi connectivity index (χ1n) is 3.41. The third-order valence-corrected chi connectivity index (χ3v) is 2.80. The fraction of sp³-hybridized carbons (Fsp3) is 0.375. The fourth-order valence-corrected chi connectivity index (χ4v) is 1.91. The van der Waals surface area contributed by atoms with Gasteiger partial charge in [-0.3, -0.25) is 0 Å². The van der Waals surface area contributed by atoms with E-state index in [0.29, 0.717) is 5.92 Å². The third-order valence-electron chi connectivity index (χ3n) is 1.78. The molecule has 0 aromatic rings. The zero-order valence-electron chi connectivity index (χ0n) is 6.26. The monoisotopic (exact) mass is 255 g/mol. The van der Waals surface area contributed by atoms with Crippen molar-refractivity contribution < 1.29 is 0 Å². The van der Waals surface area contributed by atoms with E-state index in [-0.39, 0.29) is 0 Å². The molecule has 0 aliphatic heterocycles. The van der Waals surface area contributed by atoms with Crippen LogP contribution in [-0.2, 0) is 0 Å². The lowest BCUT2D eigenvalue weighted by Gasteiger charge is -2.17. The normalized spacial score (nSPS) is 24.5. The summed E-state index contributed by atoms with van der Waals surface area (Å²) in [5.41, 5.74) is 1.54. The number of nitriles is 1. The largest absolute Gasteiger partial charge is 0.192 e. The molecule has 0 amide bonds. The van der Waals surface area contributed by atoms with Gasteiger partial charge in [0, 0.05) is 3.58 Å². The second-order valence-electron chi connectivity index (χ2n) is 2.68. The molecule has 54 valence electrons. The van der Waals surface area contributed by atoms with Crippen molar-refractivity contribution in [1.82, 2.24) is 0 Å². The van der Waals surface area contributed by atoms with Crippen LogP contribution in [0, 0.1) is 17.2 Å². The first-order valence-corrected chi connectivity index (χ1v) is 4.49. The maximum atomic E-state index is 8.65. The van der Waals surface area contributed by atoms with Gasteiger partial charge in [0.15, 0.2) is 0 Å². The van der Waals surface area contributed by atoms with E-state index in [1.165, 1.54) is 0 Å². The Hall–Kier alpha value is -0.235. The van der Waals surface area contributed by atoms with Crippen LogP contribution in [-0.4, -0.2) is 7.85 Å². The van der Waals surface area contributed by atoms with Crippen molar-refractivity contribution in [3.63, 3.8) is 0 Å². The molecule has 3 heteroatoms. The number of hydrogen-bond acceptors (Lipinski definition) is 1. The van der Waals surface area contributed by atoms with E-state index < -0.39 is 0 Å². The molecule has 0 N–H and O–H groups in total. The molecule has 1 nitrogen and oxygen atoms in total. The zero-order valence-corrected chi connectivity index (χ0v) is 8.42. The highest BCUT2D eigenvalue weighted by Crippen LogP contribution is 2.30. The first kappa shape index (κ1) is 8.86. The Balaban J connectivity index is 2.99. The minimum absolute atomic E-state index is 0.388. The number of hydrogen-bond donors (Lipinski definition) is 0. The topological polar surface area (TPSA) is 23.8 Å². The number of rotatable bonds is 0. The molecule has 0 aromatic carbocycles. The molecule has 1 aliphatic carbocycles. The molecule has 0 bridgehead atoms. The molecular weight excluding hydrogens is 248 g/mol. The molecule has 1 unspecified atom stereocenters. The molecule has 0 saturated carbocycles. The van der Waals surface area contributed by atoms with Crippen LogP contribution in [0.25, 0.3) is 0 Å². The van der Waals surface area contributed by atoms with E-state index in [0.717, 1.165) is 21.0 Å². The Labute approximate surface area is 81.7 Å². The number of nitrogens with zero attached hydrogens (tertiary/aromatic N) is 1. The van der Waals surface area contributed by atoms with Gasteiger partial charge in [0.1, 0.15) is 7.85 Å². The maximum Gasteiger partial charge on any atom is 0.108 e. The van der Waals surface area contributed by atoms with Crippen molar-refractivity contribution in [2.45, 2.75) is 13.3 Å². The smallest absolute Gasteiger partial charge is 0.108 e. The summed E-state index contributed by atoms with van der Waals surface area (Å²) < 4.78 is 1.12. The molecule has 0 fully saturated rings. The van der Waals surface area contributed by atoms with Gasteiger partial charge in [0.25, 0.3) is 0 Å². The van der Waals surface area contributed by atoms with Gasteiger partial charge in [0.2, 0.25) is 0 Å². The van der Waals surface area contributed by atoms with Crippen LogP contribution >= 0.6 is 22.6 Å². The zero-order chi connectivity index (χ0) is 8.43. The minimum atomic E-state index is 0.388. The predicted octanol–water partition coefficient (Wildman–Crippen LogP) is 2.29. The Kier molecular flexibility index (Phi) is 2.77. The lowest BCUT2D eigenvalue weighted by molar-refractivity contribution is 0.715. The van der Waals surface area contributed by atoms with Crippen molar-refractivity contribution >= 4 is 30.4 Å². The van der Waals surface area contributed by atoms with Gasteiger partial charge in [-0.1, -0.05) is 13.0 Å². The van der Waals surface area contributed by atoms with Gasteiger partial charge in [-0.25, -0.2) is 0 Å². The van der Waals surface area contributed by atoms with Crippen molar-refractivity contribution in [1.29, 1.82) is 5.26 Å². The molecule has 1 atom stereocenters. The fourth-order valence-electron chi connectivity index (χ4n) is 0.977. The van der Waals surface area contributed by atoms with E-state index in [1.807, 2.05) is 0 Å². The molecule has 11 heavy (non-hydrogen) atoms. The molecule has 0 saturated heterocycles. The van der Waals surface area contributed by atoms with E-state index in [1.54, 1.807) is 6.08 Å². The Morgan fingerprint density at radius 3 is 3.00 bits per heavy atom. The average molecular weight is 255 g/mol. The molecular formula is C8H7BIN. The van der Waals surface area contributed by atoms with Crippen LogP contribution in [0.15, 0.2) is 20.7 Å². The molecule has 0 aromatic heterocycles. The van der Waals surface area contributed by atoms with Crippen LogP contribution in [0.4, 0.5) is 0 Å². The van der Waals surface area contributed by atoms with Crippen LogP contribution in [0.3, 0.4) is 0 Å². The summed E-state index contributed by atoms with van der Waals surface area (Å²) in [7, 11) is 5.68. The van der Waals surface area contributed by atoms with Crippen LogP contribution in [0.1, 0.15) is 13.3 Å². The molecule has 2 radical (unpaired) electrons. The molecule has 1 aliphatic rings. The van der Waals surface area contributed by atoms with Gasteiger partial charge in [-0.15, -0.1) is 5.47 Å². The summed E-state index contributed by atoms with van der Waals surface area (Å²) in [5.74, 6) is 0.388. The standard InChI is InChI=1S/C8H7BIN/c1-5-2-8(10)6(4-11)3-7(5)9/h3,5H,2H2,1H3. The van der Waals surface area contributed by atoms with Gasteiger partial charge in [0.05, 0.1) is 11.6 Å².